The van der Waals surface area contributed by atoms with Gasteiger partial charge >= 0.3 is 0 Å². The van der Waals surface area contributed by atoms with E-state index in [-0.39, 0.29) is 5.91 Å². The van der Waals surface area contributed by atoms with Crippen LogP contribution in [0.5, 0.6) is 0 Å². The molecule has 0 radical (unpaired) electrons. The Morgan fingerprint density at radius 3 is 2.68 bits per heavy atom. The van der Waals surface area contributed by atoms with Crippen LogP contribution in [0.2, 0.25) is 0 Å². The zero-order valence-electron chi connectivity index (χ0n) is 13.6. The van der Waals surface area contributed by atoms with Crippen LogP contribution in [0.3, 0.4) is 0 Å². The van der Waals surface area contributed by atoms with Crippen molar-refractivity contribution in [3.63, 3.8) is 0 Å². The monoisotopic (exact) mass is 334 g/mol. The number of carbonyl (C=O) groups excluding carboxylic acids is 1. The van der Waals surface area contributed by atoms with Gasteiger partial charge in [0.05, 0.1) is 12.8 Å². The number of benzene rings is 1. The maximum atomic E-state index is 12.5. The molecule has 0 spiro atoms. The Hall–Kier alpha value is -3.15. The Labute approximate surface area is 145 Å². The van der Waals surface area contributed by atoms with Crippen LogP contribution in [-0.2, 0) is 6.54 Å². The lowest BCUT2D eigenvalue weighted by Crippen LogP contribution is -2.24. The quantitative estimate of drug-likeness (QED) is 0.723. The summed E-state index contributed by atoms with van der Waals surface area (Å²) in [4.78, 5) is 21.5. The Balaban J connectivity index is 1.59. The highest BCUT2D eigenvalue weighted by atomic mass is 16.3. The predicted octanol–water partition coefficient (Wildman–Crippen LogP) is 3.24. The van der Waals surface area contributed by atoms with Crippen molar-refractivity contribution in [3.05, 3.63) is 66.2 Å². The van der Waals surface area contributed by atoms with Gasteiger partial charge in [0.1, 0.15) is 17.3 Å². The van der Waals surface area contributed by atoms with Crippen LogP contribution in [0, 0.1) is 0 Å². The predicted molar refractivity (Wildman–Crippen MR) is 94.0 cm³/mol. The first kappa shape index (κ1) is 15.4. The minimum absolute atomic E-state index is 0.255. The highest BCUT2D eigenvalue weighted by molar-refractivity contribution is 5.93. The van der Waals surface area contributed by atoms with Crippen LogP contribution in [-0.4, -0.2) is 21.9 Å². The summed E-state index contributed by atoms with van der Waals surface area (Å²) >= 11 is 0. The van der Waals surface area contributed by atoms with E-state index in [9.17, 15) is 4.79 Å². The molecule has 2 aromatic heterocycles. The van der Waals surface area contributed by atoms with E-state index < -0.39 is 0 Å². The fourth-order valence-electron chi connectivity index (χ4n) is 2.46. The number of furan rings is 1. The zero-order valence-corrected chi connectivity index (χ0v) is 13.6. The molecule has 3 aromatic rings. The maximum absolute atomic E-state index is 12.5. The van der Waals surface area contributed by atoms with Crippen LogP contribution in [0.4, 0.5) is 5.82 Å². The van der Waals surface area contributed by atoms with Gasteiger partial charge in [-0.3, -0.25) is 4.79 Å². The van der Waals surface area contributed by atoms with Crippen molar-refractivity contribution in [2.45, 2.75) is 25.4 Å². The van der Waals surface area contributed by atoms with Gasteiger partial charge in [0.2, 0.25) is 0 Å². The standard InChI is InChI=1S/C19H18N4O2/c24-19(20-12-15-7-4-10-25-15)16-11-17(21-14-8-9-14)23-18(22-16)13-5-2-1-3-6-13/h1-7,10-11,14H,8-9,12H2,(H,20,24)(H,21,22,23). The highest BCUT2D eigenvalue weighted by Crippen LogP contribution is 2.25. The molecule has 1 aliphatic carbocycles. The number of amides is 1. The van der Waals surface area contributed by atoms with Crippen LogP contribution in [0.15, 0.2) is 59.2 Å². The maximum Gasteiger partial charge on any atom is 0.270 e. The summed E-state index contributed by atoms with van der Waals surface area (Å²) in [5.74, 6) is 1.66. The summed E-state index contributed by atoms with van der Waals surface area (Å²) in [6, 6.07) is 15.4. The second-order valence-corrected chi connectivity index (χ2v) is 6.01. The number of hydrogen-bond donors (Lipinski definition) is 2. The number of rotatable bonds is 6. The summed E-state index contributed by atoms with van der Waals surface area (Å²) < 4.78 is 5.24. The van der Waals surface area contributed by atoms with E-state index in [1.54, 1.807) is 18.4 Å². The van der Waals surface area contributed by atoms with E-state index in [0.717, 1.165) is 18.4 Å². The van der Waals surface area contributed by atoms with Crippen molar-refractivity contribution in [1.29, 1.82) is 0 Å². The van der Waals surface area contributed by atoms with E-state index in [0.29, 0.717) is 35.7 Å². The van der Waals surface area contributed by atoms with Gasteiger partial charge in [-0.2, -0.15) is 0 Å². The molecule has 4 rings (SSSR count). The summed E-state index contributed by atoms with van der Waals surface area (Å²) in [5, 5.41) is 6.17. The SMILES string of the molecule is O=C(NCc1ccco1)c1cc(NC2CC2)nc(-c2ccccc2)n1. The van der Waals surface area contributed by atoms with Gasteiger partial charge < -0.3 is 15.1 Å². The van der Waals surface area contributed by atoms with Crippen LogP contribution in [0.1, 0.15) is 29.1 Å². The molecule has 6 nitrogen and oxygen atoms in total. The fraction of sp³-hybridized carbons (Fsp3) is 0.211. The lowest BCUT2D eigenvalue weighted by molar-refractivity contribution is 0.0943. The first-order chi connectivity index (χ1) is 12.3. The second-order valence-electron chi connectivity index (χ2n) is 6.01. The molecule has 0 atom stereocenters. The fourth-order valence-corrected chi connectivity index (χ4v) is 2.46. The van der Waals surface area contributed by atoms with Gasteiger partial charge in [-0.15, -0.1) is 0 Å². The van der Waals surface area contributed by atoms with Crippen molar-refractivity contribution in [2.24, 2.45) is 0 Å². The lowest BCUT2D eigenvalue weighted by atomic mass is 10.2. The molecule has 1 amide bonds. The first-order valence-corrected chi connectivity index (χ1v) is 8.29. The van der Waals surface area contributed by atoms with Crippen LogP contribution < -0.4 is 10.6 Å². The van der Waals surface area contributed by atoms with Crippen molar-refractivity contribution in [3.8, 4) is 11.4 Å². The third kappa shape index (κ3) is 3.85. The number of hydrogen-bond acceptors (Lipinski definition) is 5. The average Bonchev–Trinajstić information content (AvgIpc) is 3.31. The Kier molecular flexibility index (Phi) is 4.16. The number of carbonyl (C=O) groups is 1. The zero-order chi connectivity index (χ0) is 17.1. The van der Waals surface area contributed by atoms with Crippen molar-refractivity contribution in [2.75, 3.05) is 5.32 Å². The van der Waals surface area contributed by atoms with Gasteiger partial charge in [-0.05, 0) is 25.0 Å². The van der Waals surface area contributed by atoms with Crippen LogP contribution >= 0.6 is 0 Å². The molecule has 2 N–H and O–H groups in total. The molecule has 1 saturated carbocycles. The minimum atomic E-state index is -0.255. The van der Waals surface area contributed by atoms with Gasteiger partial charge in [0, 0.05) is 17.7 Å². The Bertz CT molecular complexity index is 858. The second kappa shape index (κ2) is 6.76. The van der Waals surface area contributed by atoms with Crippen molar-refractivity contribution in [1.82, 2.24) is 15.3 Å². The molecular formula is C19H18N4O2. The Morgan fingerprint density at radius 1 is 1.12 bits per heavy atom. The molecule has 126 valence electrons. The van der Waals surface area contributed by atoms with Gasteiger partial charge in [-0.25, -0.2) is 9.97 Å². The number of nitrogens with one attached hydrogen (secondary N) is 2. The molecule has 1 aromatic carbocycles. The van der Waals surface area contributed by atoms with E-state index in [1.165, 1.54) is 0 Å². The molecule has 0 bridgehead atoms. The highest BCUT2D eigenvalue weighted by Gasteiger charge is 2.22. The normalized spacial score (nSPS) is 13.4. The van der Waals surface area contributed by atoms with E-state index in [2.05, 4.69) is 20.6 Å². The lowest BCUT2D eigenvalue weighted by Gasteiger charge is -2.10. The van der Waals surface area contributed by atoms with Crippen LogP contribution in [0.25, 0.3) is 11.4 Å². The van der Waals surface area contributed by atoms with Gasteiger partial charge in [0.25, 0.3) is 5.91 Å². The van der Waals surface area contributed by atoms with E-state index >= 15 is 0 Å². The molecule has 25 heavy (non-hydrogen) atoms. The third-order valence-corrected chi connectivity index (χ3v) is 3.92. The third-order valence-electron chi connectivity index (χ3n) is 3.92. The first-order valence-electron chi connectivity index (χ1n) is 8.29. The van der Waals surface area contributed by atoms with E-state index in [4.69, 9.17) is 4.42 Å². The smallest absolute Gasteiger partial charge is 0.270 e. The number of anilines is 1. The van der Waals surface area contributed by atoms with E-state index in [1.807, 2.05) is 36.4 Å². The molecule has 0 saturated heterocycles. The minimum Gasteiger partial charge on any atom is -0.467 e. The summed E-state index contributed by atoms with van der Waals surface area (Å²) in [7, 11) is 0. The molecule has 0 aliphatic heterocycles. The van der Waals surface area contributed by atoms with Gasteiger partial charge in [0.15, 0.2) is 5.82 Å². The number of nitrogens with zero attached hydrogens (tertiary/aromatic N) is 2. The summed E-state index contributed by atoms with van der Waals surface area (Å²) in [6.07, 6.45) is 3.84. The molecule has 1 fully saturated rings. The summed E-state index contributed by atoms with van der Waals surface area (Å²) in [5.41, 5.74) is 1.21. The topological polar surface area (TPSA) is 80.0 Å². The van der Waals surface area contributed by atoms with Gasteiger partial charge in [-0.1, -0.05) is 30.3 Å². The number of aromatic nitrogens is 2. The van der Waals surface area contributed by atoms with Crippen molar-refractivity contribution < 1.29 is 9.21 Å². The molecular weight excluding hydrogens is 316 g/mol. The Morgan fingerprint density at radius 2 is 1.96 bits per heavy atom. The average molecular weight is 334 g/mol. The van der Waals surface area contributed by atoms with Crippen molar-refractivity contribution >= 4 is 11.7 Å². The molecule has 2 heterocycles. The molecule has 0 unspecified atom stereocenters. The molecule has 6 heteroatoms. The largest absolute Gasteiger partial charge is 0.467 e. The molecule has 1 aliphatic rings. The summed E-state index contributed by atoms with van der Waals surface area (Å²) in [6.45, 7) is 0.321.